The summed E-state index contributed by atoms with van der Waals surface area (Å²) in [6, 6.07) is 9.08. The third-order valence-electron chi connectivity index (χ3n) is 4.20. The molecule has 3 nitrogen and oxygen atoms in total. The van der Waals surface area contributed by atoms with Crippen LogP contribution in [0.3, 0.4) is 0 Å². The minimum atomic E-state index is 0.734. The van der Waals surface area contributed by atoms with Gasteiger partial charge in [0, 0.05) is 45.8 Å². The molecule has 0 bridgehead atoms. The molecule has 1 aromatic rings. The molecule has 0 unspecified atom stereocenters. The van der Waals surface area contributed by atoms with Gasteiger partial charge in [-0.3, -0.25) is 4.90 Å². The first-order chi connectivity index (χ1) is 10.1. The van der Waals surface area contributed by atoms with E-state index >= 15 is 0 Å². The minimum absolute atomic E-state index is 0.734. The molecule has 1 N–H and O–H groups in total. The van der Waals surface area contributed by atoms with E-state index in [0.29, 0.717) is 0 Å². The van der Waals surface area contributed by atoms with E-state index in [-0.39, 0.29) is 0 Å². The number of benzene rings is 1. The summed E-state index contributed by atoms with van der Waals surface area (Å²) in [7, 11) is 2.21. The second-order valence-corrected chi connectivity index (χ2v) is 6.74. The molecule has 3 heteroatoms. The van der Waals surface area contributed by atoms with Gasteiger partial charge >= 0.3 is 0 Å². The fourth-order valence-corrected chi connectivity index (χ4v) is 2.81. The Morgan fingerprint density at radius 2 is 1.62 bits per heavy atom. The minimum Gasteiger partial charge on any atom is -0.311 e. The van der Waals surface area contributed by atoms with Gasteiger partial charge in [0.05, 0.1) is 0 Å². The highest BCUT2D eigenvalue weighted by Gasteiger charge is 2.12. The van der Waals surface area contributed by atoms with Gasteiger partial charge in [0.15, 0.2) is 0 Å². The van der Waals surface area contributed by atoms with Crippen LogP contribution in [0.5, 0.6) is 0 Å². The summed E-state index contributed by atoms with van der Waals surface area (Å²) in [6.07, 6.45) is 1.18. The molecular formula is C18H31N3. The van der Waals surface area contributed by atoms with Crippen LogP contribution in [0.2, 0.25) is 0 Å². The predicted molar refractivity (Wildman–Crippen MR) is 90.6 cm³/mol. The Morgan fingerprint density at radius 3 is 2.24 bits per heavy atom. The molecule has 0 radical (unpaired) electrons. The van der Waals surface area contributed by atoms with Gasteiger partial charge in [-0.1, -0.05) is 38.1 Å². The SMILES string of the molecule is CC(C)Cc1ccc(CNCCN2CCN(C)CC2)cc1. The number of likely N-dealkylation sites (N-methyl/N-ethyl adjacent to an activating group) is 1. The van der Waals surface area contributed by atoms with E-state index in [9.17, 15) is 0 Å². The Bertz CT molecular complexity index is 391. The van der Waals surface area contributed by atoms with Crippen LogP contribution in [-0.4, -0.2) is 56.1 Å². The second kappa shape index (κ2) is 8.52. The maximum atomic E-state index is 3.57. The molecule has 0 aliphatic carbocycles. The van der Waals surface area contributed by atoms with Crippen molar-refractivity contribution >= 4 is 0 Å². The molecule has 1 aromatic carbocycles. The van der Waals surface area contributed by atoms with Crippen molar-refractivity contribution < 1.29 is 0 Å². The summed E-state index contributed by atoms with van der Waals surface area (Å²) in [5, 5.41) is 3.57. The van der Waals surface area contributed by atoms with E-state index in [4.69, 9.17) is 0 Å². The van der Waals surface area contributed by atoms with Crippen LogP contribution in [0.1, 0.15) is 25.0 Å². The normalized spacial score (nSPS) is 17.5. The molecule has 1 heterocycles. The van der Waals surface area contributed by atoms with Crippen molar-refractivity contribution in [1.29, 1.82) is 0 Å². The number of hydrogen-bond donors (Lipinski definition) is 1. The molecule has 2 rings (SSSR count). The monoisotopic (exact) mass is 289 g/mol. The van der Waals surface area contributed by atoms with Crippen LogP contribution >= 0.6 is 0 Å². The standard InChI is InChI=1S/C18H31N3/c1-16(2)14-17-4-6-18(7-5-17)15-19-8-9-21-12-10-20(3)11-13-21/h4-7,16,19H,8-15H2,1-3H3. The van der Waals surface area contributed by atoms with Gasteiger partial charge in [-0.05, 0) is 30.5 Å². The quantitative estimate of drug-likeness (QED) is 0.777. The van der Waals surface area contributed by atoms with Gasteiger partial charge in [0.1, 0.15) is 0 Å². The third-order valence-corrected chi connectivity index (χ3v) is 4.20. The number of nitrogens with one attached hydrogen (secondary N) is 1. The molecule has 0 amide bonds. The first kappa shape index (κ1) is 16.5. The molecule has 0 spiro atoms. The Morgan fingerprint density at radius 1 is 1.00 bits per heavy atom. The van der Waals surface area contributed by atoms with Crippen LogP contribution in [0.4, 0.5) is 0 Å². The van der Waals surface area contributed by atoms with E-state index in [1.54, 1.807) is 0 Å². The van der Waals surface area contributed by atoms with Crippen molar-refractivity contribution in [1.82, 2.24) is 15.1 Å². The van der Waals surface area contributed by atoms with Crippen molar-refractivity contribution in [2.24, 2.45) is 5.92 Å². The molecule has 1 aliphatic rings. The van der Waals surface area contributed by atoms with Crippen molar-refractivity contribution in [3.8, 4) is 0 Å². The zero-order valence-corrected chi connectivity index (χ0v) is 13.9. The van der Waals surface area contributed by atoms with Crippen molar-refractivity contribution in [3.63, 3.8) is 0 Å². The van der Waals surface area contributed by atoms with Crippen LogP contribution in [0.25, 0.3) is 0 Å². The summed E-state index contributed by atoms with van der Waals surface area (Å²) in [5.74, 6) is 0.734. The predicted octanol–water partition coefficient (Wildman–Crippen LogP) is 2.22. The molecule has 1 aliphatic heterocycles. The molecule has 0 aromatic heterocycles. The van der Waals surface area contributed by atoms with Crippen LogP contribution < -0.4 is 5.32 Å². The number of piperazine rings is 1. The van der Waals surface area contributed by atoms with E-state index < -0.39 is 0 Å². The van der Waals surface area contributed by atoms with Crippen LogP contribution in [-0.2, 0) is 13.0 Å². The van der Waals surface area contributed by atoms with Crippen molar-refractivity contribution in [2.45, 2.75) is 26.8 Å². The first-order valence-corrected chi connectivity index (χ1v) is 8.33. The topological polar surface area (TPSA) is 18.5 Å². The largest absolute Gasteiger partial charge is 0.311 e. The lowest BCUT2D eigenvalue weighted by Crippen LogP contribution is -2.46. The van der Waals surface area contributed by atoms with Gasteiger partial charge in [-0.25, -0.2) is 0 Å². The van der Waals surface area contributed by atoms with Gasteiger partial charge in [-0.15, -0.1) is 0 Å². The third kappa shape index (κ3) is 6.16. The second-order valence-electron chi connectivity index (χ2n) is 6.74. The fraction of sp³-hybridized carbons (Fsp3) is 0.667. The lowest BCUT2D eigenvalue weighted by atomic mass is 10.0. The van der Waals surface area contributed by atoms with E-state index in [1.807, 2.05) is 0 Å². The summed E-state index contributed by atoms with van der Waals surface area (Å²) in [4.78, 5) is 4.96. The zero-order valence-electron chi connectivity index (χ0n) is 13.9. The highest BCUT2D eigenvalue weighted by molar-refractivity contribution is 5.22. The highest BCUT2D eigenvalue weighted by atomic mass is 15.2. The van der Waals surface area contributed by atoms with Crippen LogP contribution in [0.15, 0.2) is 24.3 Å². The van der Waals surface area contributed by atoms with Gasteiger partial charge in [-0.2, -0.15) is 0 Å². The summed E-state index contributed by atoms with van der Waals surface area (Å²) in [5.41, 5.74) is 2.84. The Hall–Kier alpha value is -0.900. The average Bonchev–Trinajstić information content (AvgIpc) is 2.46. The van der Waals surface area contributed by atoms with Gasteiger partial charge < -0.3 is 10.2 Å². The Labute approximate surface area is 130 Å². The Balaban J connectivity index is 1.62. The lowest BCUT2D eigenvalue weighted by molar-refractivity contribution is 0.154. The molecule has 1 saturated heterocycles. The van der Waals surface area contributed by atoms with E-state index in [2.05, 4.69) is 60.3 Å². The van der Waals surface area contributed by atoms with Crippen molar-refractivity contribution in [2.75, 3.05) is 46.3 Å². The summed E-state index contributed by atoms with van der Waals surface area (Å²) < 4.78 is 0. The fourth-order valence-electron chi connectivity index (χ4n) is 2.81. The molecule has 21 heavy (non-hydrogen) atoms. The summed E-state index contributed by atoms with van der Waals surface area (Å²) in [6.45, 7) is 12.6. The molecular weight excluding hydrogens is 258 g/mol. The van der Waals surface area contributed by atoms with E-state index in [0.717, 1.165) is 19.0 Å². The van der Waals surface area contributed by atoms with Gasteiger partial charge in [0.25, 0.3) is 0 Å². The summed E-state index contributed by atoms with van der Waals surface area (Å²) >= 11 is 0. The maximum absolute atomic E-state index is 3.57. The zero-order chi connectivity index (χ0) is 15.1. The molecule has 118 valence electrons. The molecule has 1 fully saturated rings. The lowest BCUT2D eigenvalue weighted by Gasteiger charge is -2.32. The number of rotatable bonds is 7. The average molecular weight is 289 g/mol. The van der Waals surface area contributed by atoms with Crippen LogP contribution in [0, 0.1) is 5.92 Å². The maximum Gasteiger partial charge on any atom is 0.0206 e. The van der Waals surface area contributed by atoms with Gasteiger partial charge in [0.2, 0.25) is 0 Å². The molecule has 0 saturated carbocycles. The smallest absolute Gasteiger partial charge is 0.0206 e. The first-order valence-electron chi connectivity index (χ1n) is 8.33. The molecule has 0 atom stereocenters. The van der Waals surface area contributed by atoms with Crippen molar-refractivity contribution in [3.05, 3.63) is 35.4 Å². The highest BCUT2D eigenvalue weighted by Crippen LogP contribution is 2.09. The number of nitrogens with zero attached hydrogens (tertiary/aromatic N) is 2. The number of hydrogen-bond acceptors (Lipinski definition) is 3. The van der Waals surface area contributed by atoms with E-state index in [1.165, 1.54) is 50.3 Å². The Kier molecular flexibility index (Phi) is 6.68.